The maximum atomic E-state index is 10.9. The minimum absolute atomic E-state index is 0.901. The molecule has 1 heterocycles. The van der Waals surface area contributed by atoms with Crippen molar-refractivity contribution in [2.24, 2.45) is 0 Å². The molecule has 20 heavy (non-hydrogen) atoms. The quantitative estimate of drug-likeness (QED) is 0.486. The Labute approximate surface area is 119 Å². The Kier molecular flexibility index (Phi) is 4.42. The predicted molar refractivity (Wildman–Crippen MR) is 78.3 cm³/mol. The zero-order chi connectivity index (χ0) is 14.6. The van der Waals surface area contributed by atoms with Crippen molar-refractivity contribution in [1.82, 2.24) is 0 Å². The summed E-state index contributed by atoms with van der Waals surface area (Å²) < 4.78 is 12.0. The molecule has 0 spiro atoms. The summed E-state index contributed by atoms with van der Waals surface area (Å²) in [5.41, 5.74) is 2.70. The van der Waals surface area contributed by atoms with Crippen LogP contribution in [0.3, 0.4) is 0 Å². The molecule has 0 bridgehead atoms. The Bertz CT molecular complexity index is 574. The summed E-state index contributed by atoms with van der Waals surface area (Å²) in [4.78, 5) is 8.25. The van der Waals surface area contributed by atoms with Gasteiger partial charge in [0.1, 0.15) is 0 Å². The Hall–Kier alpha value is -1.84. The molecular formula is C14H14AsNO4. The average Bonchev–Trinajstić information content (AvgIpc) is 2.77. The summed E-state index contributed by atoms with van der Waals surface area (Å²) >= 11 is -2.64. The molecule has 0 radical (unpaired) electrons. The third kappa shape index (κ3) is 3.38. The van der Waals surface area contributed by atoms with Crippen molar-refractivity contribution in [3.8, 4) is 0 Å². The summed E-state index contributed by atoms with van der Waals surface area (Å²) in [6.45, 7) is 0. The molecule has 6 heteroatoms. The Morgan fingerprint density at radius 2 is 1.30 bits per heavy atom. The molecule has 0 aromatic heterocycles. The van der Waals surface area contributed by atoms with E-state index in [-0.39, 0.29) is 0 Å². The van der Waals surface area contributed by atoms with Crippen LogP contribution in [0.1, 0.15) is 11.1 Å². The van der Waals surface area contributed by atoms with Crippen LogP contribution in [0.4, 0.5) is 0 Å². The molecule has 0 atom stereocenters. The Morgan fingerprint density at radius 3 is 1.75 bits per heavy atom. The Morgan fingerprint density at radius 1 is 0.900 bits per heavy atom. The molecule has 0 saturated carbocycles. The van der Waals surface area contributed by atoms with Gasteiger partial charge in [-0.25, -0.2) is 0 Å². The maximum absolute atomic E-state index is 10.9. The molecule has 2 aromatic carbocycles. The van der Waals surface area contributed by atoms with E-state index in [1.165, 1.54) is 15.5 Å². The van der Waals surface area contributed by atoms with Crippen LogP contribution in [0.25, 0.3) is 0 Å². The molecule has 0 aliphatic carbocycles. The zero-order valence-corrected chi connectivity index (χ0v) is 12.6. The van der Waals surface area contributed by atoms with Gasteiger partial charge in [-0.2, -0.15) is 0 Å². The van der Waals surface area contributed by atoms with Gasteiger partial charge in [-0.3, -0.25) is 0 Å². The van der Waals surface area contributed by atoms with Gasteiger partial charge in [-0.05, 0) is 0 Å². The van der Waals surface area contributed by atoms with Crippen LogP contribution < -0.4 is 4.35 Å². The summed E-state index contributed by atoms with van der Waals surface area (Å²) in [7, 11) is 0. The van der Waals surface area contributed by atoms with Crippen LogP contribution in [-0.4, -0.2) is 23.1 Å². The predicted octanol–water partition coefficient (Wildman–Crippen LogP) is 1.47. The minimum atomic E-state index is -2.64. The van der Waals surface area contributed by atoms with Crippen molar-refractivity contribution in [3.63, 3.8) is 0 Å². The number of hydrogen-bond donors (Lipinski definition) is 1. The second-order valence-electron chi connectivity index (χ2n) is 4.57. The third-order valence-electron chi connectivity index (χ3n) is 3.22. The molecule has 0 fully saturated rings. The fourth-order valence-electron chi connectivity index (χ4n) is 2.37. The van der Waals surface area contributed by atoms with Crippen LogP contribution >= 0.6 is 0 Å². The van der Waals surface area contributed by atoms with Gasteiger partial charge < -0.3 is 15.3 Å². The van der Waals surface area contributed by atoms with Gasteiger partial charge in [-0.15, -0.1) is 0 Å². The van der Waals surface area contributed by atoms with Gasteiger partial charge in [0.25, 0.3) is 0 Å². The zero-order valence-electron chi connectivity index (χ0n) is 10.7. The fraction of sp³-hybridized carbons (Fsp3) is 0.143. The van der Waals surface area contributed by atoms with Gasteiger partial charge in [-0.1, -0.05) is 0 Å². The molecule has 5 nitrogen and oxygen atoms in total. The summed E-state index contributed by atoms with van der Waals surface area (Å²) in [6, 6.07) is 18.7. The van der Waals surface area contributed by atoms with E-state index < -0.39 is 19.0 Å². The second-order valence-corrected chi connectivity index (χ2v) is 10.8. The summed E-state index contributed by atoms with van der Waals surface area (Å²) in [5, 5.41) is 16.6. The Balaban J connectivity index is 0.000000328. The first-order chi connectivity index (χ1) is 9.51. The second kappa shape index (κ2) is 6.07. The van der Waals surface area contributed by atoms with Crippen molar-refractivity contribution in [1.29, 1.82) is 0 Å². The molecule has 1 aliphatic rings. The molecule has 104 valence electrons. The molecule has 0 saturated heterocycles. The van der Waals surface area contributed by atoms with E-state index in [0.29, 0.717) is 0 Å². The summed E-state index contributed by atoms with van der Waals surface area (Å²) in [5.74, 6) is 0. The van der Waals surface area contributed by atoms with E-state index in [0.717, 1.165) is 10.4 Å². The first-order valence-corrected chi connectivity index (χ1v) is 10.5. The molecule has 0 unspecified atom stereocenters. The molecule has 0 amide bonds. The third-order valence-corrected chi connectivity index (χ3v) is 9.49. The van der Waals surface area contributed by atoms with Gasteiger partial charge >= 0.3 is 98.5 Å². The van der Waals surface area contributed by atoms with Crippen LogP contribution in [0.5, 0.6) is 0 Å². The van der Waals surface area contributed by atoms with Crippen molar-refractivity contribution in [2.75, 3.05) is 0 Å². The van der Waals surface area contributed by atoms with Gasteiger partial charge in [0.05, 0.1) is 5.09 Å². The van der Waals surface area contributed by atoms with E-state index in [9.17, 15) is 4.10 Å². The number of nitrogens with zero attached hydrogens (tertiary/aromatic N) is 1. The number of benzene rings is 2. The van der Waals surface area contributed by atoms with Crippen molar-refractivity contribution in [2.45, 2.75) is 10.4 Å². The molecule has 1 N–H and O–H groups in total. The van der Waals surface area contributed by atoms with Crippen molar-refractivity contribution >= 4 is 18.2 Å². The number of hydrogen-bond acceptors (Lipinski definition) is 4. The van der Waals surface area contributed by atoms with Crippen LogP contribution in [0, 0.1) is 15.3 Å². The monoisotopic (exact) mass is 335 g/mol. The van der Waals surface area contributed by atoms with Gasteiger partial charge in [0, 0.05) is 0 Å². The molecule has 2 aromatic rings. The average molecular weight is 335 g/mol. The first-order valence-electron chi connectivity index (χ1n) is 6.05. The molecule has 3 rings (SSSR count). The van der Waals surface area contributed by atoms with E-state index in [1.807, 2.05) is 18.2 Å². The topological polar surface area (TPSA) is 86.4 Å². The SMILES string of the molecule is O=[N+]([O-])[O-].O[As+]1(c2ccccc2)Cc2ccccc2C1. The number of rotatable bonds is 1. The van der Waals surface area contributed by atoms with Crippen LogP contribution in [0.2, 0.25) is 0 Å². The first kappa shape index (κ1) is 14.6. The van der Waals surface area contributed by atoms with Crippen molar-refractivity contribution < 1.29 is 9.18 Å². The normalized spacial score (nSPS) is 14.8. The van der Waals surface area contributed by atoms with E-state index in [4.69, 9.17) is 15.3 Å². The van der Waals surface area contributed by atoms with Crippen LogP contribution in [0.15, 0.2) is 54.6 Å². The van der Waals surface area contributed by atoms with Gasteiger partial charge in [0.2, 0.25) is 0 Å². The molecular weight excluding hydrogens is 321 g/mol. The molecule has 1 aliphatic heterocycles. The van der Waals surface area contributed by atoms with E-state index >= 15 is 0 Å². The fourth-order valence-corrected chi connectivity index (χ4v) is 8.56. The van der Waals surface area contributed by atoms with Crippen LogP contribution in [-0.2, 0) is 10.4 Å². The number of fused-ring (bicyclic) bond motifs is 1. The standard InChI is InChI=1S/C14H14AsO.NO3/c16-15(14-8-2-1-3-9-14)10-12-6-4-5-7-13(12)11-15;2-1(3)4/h1-9,16H,10-11H2;/q+1;-1. The van der Waals surface area contributed by atoms with Gasteiger partial charge in [0.15, 0.2) is 0 Å². The van der Waals surface area contributed by atoms with E-state index in [2.05, 4.69) is 36.4 Å². The van der Waals surface area contributed by atoms with Crippen molar-refractivity contribution in [3.05, 3.63) is 81.0 Å². The van der Waals surface area contributed by atoms with E-state index in [1.54, 1.807) is 0 Å². The summed E-state index contributed by atoms with van der Waals surface area (Å²) in [6.07, 6.45) is 0.